The maximum absolute atomic E-state index is 11.6. The zero-order valence-electron chi connectivity index (χ0n) is 10.1. The van der Waals surface area contributed by atoms with Gasteiger partial charge in [-0.1, -0.05) is 0 Å². The van der Waals surface area contributed by atoms with Crippen LogP contribution in [0.5, 0.6) is 0 Å². The van der Waals surface area contributed by atoms with Gasteiger partial charge in [-0.05, 0) is 25.8 Å². The second-order valence-corrected chi connectivity index (χ2v) is 6.51. The van der Waals surface area contributed by atoms with Crippen molar-refractivity contribution >= 4 is 29.1 Å². The van der Waals surface area contributed by atoms with Gasteiger partial charge in [0.15, 0.2) is 0 Å². The van der Waals surface area contributed by atoms with Gasteiger partial charge in [0.25, 0.3) is 0 Å². The quantitative estimate of drug-likeness (QED) is 0.490. The molecule has 5 heteroatoms. The van der Waals surface area contributed by atoms with E-state index in [1.807, 2.05) is 6.92 Å². The van der Waals surface area contributed by atoms with Crippen LogP contribution in [0.4, 0.5) is 0 Å². The first-order valence-corrected chi connectivity index (χ1v) is 7.56. The molecule has 0 atom stereocenters. The number of hydrogen-bond acceptors (Lipinski definition) is 5. The summed E-state index contributed by atoms with van der Waals surface area (Å²) in [5.74, 6) is 0.775. The van der Waals surface area contributed by atoms with Gasteiger partial charge in [0.1, 0.15) is 4.88 Å². The van der Waals surface area contributed by atoms with Crippen LogP contribution >= 0.6 is 23.1 Å². The van der Waals surface area contributed by atoms with Crippen LogP contribution in [0, 0.1) is 6.92 Å². The Hall–Kier alpha value is -0.520. The number of rotatable bonds is 6. The van der Waals surface area contributed by atoms with Crippen molar-refractivity contribution in [3.05, 3.63) is 15.8 Å². The minimum absolute atomic E-state index is 0.222. The lowest BCUT2D eigenvalue weighted by molar-refractivity contribution is 0.0603. The van der Waals surface area contributed by atoms with Gasteiger partial charge in [-0.2, -0.15) is 0 Å². The molecule has 1 aliphatic rings. The van der Waals surface area contributed by atoms with Crippen LogP contribution in [-0.2, 0) is 4.74 Å². The maximum Gasteiger partial charge on any atom is 0.349 e. The molecule has 1 N–H and O–H groups in total. The highest BCUT2D eigenvalue weighted by Gasteiger charge is 2.20. The smallest absolute Gasteiger partial charge is 0.349 e. The lowest BCUT2D eigenvalue weighted by Crippen LogP contribution is -2.19. The van der Waals surface area contributed by atoms with Crippen molar-refractivity contribution < 1.29 is 9.53 Å². The molecule has 0 bridgehead atoms. The SMILES string of the molecule is COC(=O)c1sc(C)cc1SCCNC1CC1. The molecule has 1 saturated carbocycles. The first-order valence-electron chi connectivity index (χ1n) is 5.75. The van der Waals surface area contributed by atoms with Crippen molar-refractivity contribution in [2.45, 2.75) is 30.7 Å². The molecule has 0 radical (unpaired) electrons. The Morgan fingerprint density at radius 2 is 2.41 bits per heavy atom. The average molecular weight is 271 g/mol. The molecule has 2 rings (SSSR count). The summed E-state index contributed by atoms with van der Waals surface area (Å²) in [5.41, 5.74) is 0. The lowest BCUT2D eigenvalue weighted by Gasteiger charge is -2.03. The second kappa shape index (κ2) is 5.89. The molecule has 3 nitrogen and oxygen atoms in total. The highest BCUT2D eigenvalue weighted by Crippen LogP contribution is 2.31. The van der Waals surface area contributed by atoms with Gasteiger partial charge < -0.3 is 10.1 Å². The van der Waals surface area contributed by atoms with E-state index < -0.39 is 0 Å². The Morgan fingerprint density at radius 1 is 1.65 bits per heavy atom. The minimum Gasteiger partial charge on any atom is -0.465 e. The number of carbonyl (C=O) groups excluding carboxylic acids is 1. The van der Waals surface area contributed by atoms with Crippen LogP contribution in [-0.4, -0.2) is 31.4 Å². The molecule has 0 unspecified atom stereocenters. The summed E-state index contributed by atoms with van der Waals surface area (Å²) >= 11 is 3.24. The van der Waals surface area contributed by atoms with E-state index in [0.717, 1.165) is 33.0 Å². The van der Waals surface area contributed by atoms with Crippen molar-refractivity contribution in [2.24, 2.45) is 0 Å². The number of carbonyl (C=O) groups is 1. The Morgan fingerprint density at radius 3 is 3.06 bits per heavy atom. The normalized spacial score (nSPS) is 14.9. The van der Waals surface area contributed by atoms with Gasteiger partial charge >= 0.3 is 5.97 Å². The minimum atomic E-state index is -0.222. The number of thiophene rings is 1. The van der Waals surface area contributed by atoms with E-state index in [1.165, 1.54) is 31.3 Å². The second-order valence-electron chi connectivity index (χ2n) is 4.12. The number of aryl methyl sites for hydroxylation is 1. The largest absolute Gasteiger partial charge is 0.465 e. The number of methoxy groups -OCH3 is 1. The van der Waals surface area contributed by atoms with Crippen LogP contribution in [0.2, 0.25) is 0 Å². The van der Waals surface area contributed by atoms with Gasteiger partial charge in [-0.25, -0.2) is 4.79 Å². The first kappa shape index (κ1) is 12.9. The zero-order chi connectivity index (χ0) is 12.3. The van der Waals surface area contributed by atoms with Gasteiger partial charge in [0.05, 0.1) is 7.11 Å². The van der Waals surface area contributed by atoms with Crippen molar-refractivity contribution in [1.82, 2.24) is 5.32 Å². The predicted octanol–water partition coefficient (Wildman–Crippen LogP) is 2.69. The van der Waals surface area contributed by atoms with E-state index in [-0.39, 0.29) is 5.97 Å². The van der Waals surface area contributed by atoms with Crippen molar-refractivity contribution in [3.63, 3.8) is 0 Å². The van der Waals surface area contributed by atoms with E-state index >= 15 is 0 Å². The van der Waals surface area contributed by atoms with Crippen LogP contribution in [0.15, 0.2) is 11.0 Å². The molecule has 1 fully saturated rings. The molecule has 0 amide bonds. The van der Waals surface area contributed by atoms with E-state index in [1.54, 1.807) is 11.8 Å². The summed E-state index contributed by atoms with van der Waals surface area (Å²) in [4.78, 5) is 14.5. The molecular weight excluding hydrogens is 254 g/mol. The van der Waals surface area contributed by atoms with E-state index in [4.69, 9.17) is 4.74 Å². The van der Waals surface area contributed by atoms with Crippen molar-refractivity contribution in [2.75, 3.05) is 19.4 Å². The van der Waals surface area contributed by atoms with Crippen LogP contribution < -0.4 is 5.32 Å². The molecule has 0 saturated heterocycles. The fourth-order valence-electron chi connectivity index (χ4n) is 1.54. The Labute approximate surface area is 110 Å². The summed E-state index contributed by atoms with van der Waals surface area (Å²) in [6, 6.07) is 2.82. The fourth-order valence-corrected chi connectivity index (χ4v) is 3.66. The Kier molecular flexibility index (Phi) is 4.48. The molecule has 0 spiro atoms. The maximum atomic E-state index is 11.6. The highest BCUT2D eigenvalue weighted by molar-refractivity contribution is 7.99. The lowest BCUT2D eigenvalue weighted by atomic mass is 10.4. The van der Waals surface area contributed by atoms with Gasteiger partial charge in [-0.15, -0.1) is 23.1 Å². The number of ether oxygens (including phenoxy) is 1. The third kappa shape index (κ3) is 3.72. The van der Waals surface area contributed by atoms with Gasteiger partial charge in [0, 0.05) is 28.1 Å². The molecule has 1 aliphatic carbocycles. The molecule has 1 aromatic heterocycles. The fraction of sp³-hybridized carbons (Fsp3) is 0.583. The topological polar surface area (TPSA) is 38.3 Å². The van der Waals surface area contributed by atoms with Gasteiger partial charge in [0.2, 0.25) is 0 Å². The molecule has 0 aromatic carbocycles. The van der Waals surface area contributed by atoms with Crippen LogP contribution in [0.25, 0.3) is 0 Å². The van der Waals surface area contributed by atoms with E-state index in [0.29, 0.717) is 0 Å². The molecule has 0 aliphatic heterocycles. The third-order valence-corrected chi connectivity index (χ3v) is 4.76. The Bertz CT molecular complexity index is 399. The average Bonchev–Trinajstić information content (AvgIpc) is 3.07. The number of nitrogens with one attached hydrogen (secondary N) is 1. The van der Waals surface area contributed by atoms with Crippen molar-refractivity contribution in [3.8, 4) is 0 Å². The summed E-state index contributed by atoms with van der Waals surface area (Å²) in [6.07, 6.45) is 2.63. The molecule has 1 heterocycles. The summed E-state index contributed by atoms with van der Waals surface area (Å²) in [6.45, 7) is 3.02. The van der Waals surface area contributed by atoms with E-state index in [9.17, 15) is 4.79 Å². The zero-order valence-corrected chi connectivity index (χ0v) is 11.7. The molecule has 17 heavy (non-hydrogen) atoms. The Balaban J connectivity index is 1.86. The summed E-state index contributed by atoms with van der Waals surface area (Å²) in [7, 11) is 1.43. The first-order chi connectivity index (χ1) is 8.20. The summed E-state index contributed by atoms with van der Waals surface area (Å²) < 4.78 is 4.79. The summed E-state index contributed by atoms with van der Waals surface area (Å²) in [5, 5.41) is 3.46. The predicted molar refractivity (Wildman–Crippen MR) is 72.1 cm³/mol. The van der Waals surface area contributed by atoms with E-state index in [2.05, 4.69) is 11.4 Å². The number of esters is 1. The molecular formula is C12H17NO2S2. The van der Waals surface area contributed by atoms with Crippen molar-refractivity contribution in [1.29, 1.82) is 0 Å². The molecule has 94 valence electrons. The monoisotopic (exact) mass is 271 g/mol. The van der Waals surface area contributed by atoms with Crippen LogP contribution in [0.1, 0.15) is 27.4 Å². The molecule has 1 aromatic rings. The number of hydrogen-bond donors (Lipinski definition) is 1. The number of thioether (sulfide) groups is 1. The van der Waals surface area contributed by atoms with Crippen LogP contribution in [0.3, 0.4) is 0 Å². The third-order valence-electron chi connectivity index (χ3n) is 2.56. The van der Waals surface area contributed by atoms with Gasteiger partial charge in [-0.3, -0.25) is 0 Å². The standard InChI is InChI=1S/C12H17NO2S2/c1-8-7-10(11(17-8)12(14)15-2)16-6-5-13-9-3-4-9/h7,9,13H,3-6H2,1-2H3. The highest BCUT2D eigenvalue weighted by atomic mass is 32.2.